The Hall–Kier alpha value is 0.780. The van der Waals surface area contributed by atoms with Crippen molar-refractivity contribution in [2.45, 2.75) is 16.6 Å². The van der Waals surface area contributed by atoms with E-state index in [1.54, 1.807) is 0 Å². The van der Waals surface area contributed by atoms with Gasteiger partial charge in [0.25, 0.3) is 0 Å². The highest BCUT2D eigenvalue weighted by Gasteiger charge is 2.58. The van der Waals surface area contributed by atoms with E-state index in [1.807, 2.05) is 0 Å². The standard InChI is InChI=1S/C7H24N2O19P6/c10-4-3-8(5(29(11,12)13)30(14,15)16)1-2-9(6(31(17,18)19)32(20,21)22)7(33(23,24)25)34(26,27)28/h5-7,10H,1-4H2,(H2,11,12,13)(H2,14,15,16)(H2,17,18,19)(H2,20,21,22)(H2,23,24,25)(H2,26,27,28). The van der Waals surface area contributed by atoms with Crippen LogP contribution in [0, 0.1) is 0 Å². The molecule has 0 heterocycles. The van der Waals surface area contributed by atoms with E-state index in [4.69, 9.17) is 5.11 Å². The van der Waals surface area contributed by atoms with Crippen LogP contribution < -0.4 is 0 Å². The molecule has 0 aromatic rings. The molecule has 0 fully saturated rings. The van der Waals surface area contributed by atoms with Crippen LogP contribution in [0.2, 0.25) is 0 Å². The molecule has 0 saturated carbocycles. The third-order valence-corrected chi connectivity index (χ3v) is 14.6. The van der Waals surface area contributed by atoms with Gasteiger partial charge in [0.05, 0.1) is 6.61 Å². The molecular formula is C7H24N2O19P6. The van der Waals surface area contributed by atoms with Gasteiger partial charge in [0, 0.05) is 19.6 Å². The number of rotatable bonds is 14. The third kappa shape index (κ3) is 10.3. The Balaban J connectivity index is 6.92. The molecule has 34 heavy (non-hydrogen) atoms. The molecule has 0 aromatic heterocycles. The molecule has 21 nitrogen and oxygen atoms in total. The molecule has 13 N–H and O–H groups in total. The van der Waals surface area contributed by atoms with Gasteiger partial charge in [-0.05, 0) is 0 Å². The second-order valence-corrected chi connectivity index (χ2v) is 17.8. The zero-order valence-electron chi connectivity index (χ0n) is 16.4. The van der Waals surface area contributed by atoms with Gasteiger partial charge >= 0.3 is 45.6 Å². The summed E-state index contributed by atoms with van der Waals surface area (Å²) in [4.78, 5) is 111. The first-order valence-electron chi connectivity index (χ1n) is 8.08. The molecule has 0 radical (unpaired) electrons. The molecule has 0 bridgehead atoms. The second kappa shape index (κ2) is 11.7. The maximum Gasteiger partial charge on any atom is 0.355 e. The molecule has 206 valence electrons. The van der Waals surface area contributed by atoms with Crippen molar-refractivity contribution in [2.24, 2.45) is 0 Å². The number of nitrogens with zero attached hydrogens (tertiary/aromatic N) is 2. The Bertz CT molecular complexity index is 865. The number of hydrogen-bond acceptors (Lipinski definition) is 9. The molecule has 0 atom stereocenters. The van der Waals surface area contributed by atoms with Crippen LogP contribution >= 0.6 is 45.6 Å². The Morgan fingerprint density at radius 3 is 0.912 bits per heavy atom. The van der Waals surface area contributed by atoms with Gasteiger partial charge in [-0.2, -0.15) is 0 Å². The van der Waals surface area contributed by atoms with Crippen molar-refractivity contribution in [2.75, 3.05) is 26.2 Å². The zero-order valence-corrected chi connectivity index (χ0v) is 21.8. The SMILES string of the molecule is O=P(O)(O)C(N(CCO)CCN(C(P(=O)(O)O)P(=O)(O)O)C(P(=O)(O)O)P(=O)(O)O)P(=O)(O)O. The van der Waals surface area contributed by atoms with E-state index in [-0.39, 0.29) is 4.90 Å². The van der Waals surface area contributed by atoms with E-state index >= 15 is 0 Å². The monoisotopic (exact) mass is 626 g/mol. The highest BCUT2D eigenvalue weighted by atomic mass is 31.2. The molecule has 0 saturated heterocycles. The molecular weight excluding hydrogens is 602 g/mol. The van der Waals surface area contributed by atoms with E-state index in [9.17, 15) is 86.1 Å². The quantitative estimate of drug-likeness (QED) is 0.0831. The fraction of sp³-hybridized carbons (Fsp3) is 1.00. The van der Waals surface area contributed by atoms with Crippen LogP contribution in [0.1, 0.15) is 0 Å². The van der Waals surface area contributed by atoms with Crippen LogP contribution in [0.4, 0.5) is 0 Å². The number of hydrogen-bond donors (Lipinski definition) is 13. The van der Waals surface area contributed by atoms with Gasteiger partial charge in [0.15, 0.2) is 0 Å². The van der Waals surface area contributed by atoms with Crippen molar-refractivity contribution >= 4 is 45.6 Å². The average molecular weight is 626 g/mol. The summed E-state index contributed by atoms with van der Waals surface area (Å²) in [6.07, 6.45) is 0. The highest BCUT2D eigenvalue weighted by Crippen LogP contribution is 2.69. The van der Waals surface area contributed by atoms with Gasteiger partial charge in [-0.15, -0.1) is 0 Å². The summed E-state index contributed by atoms with van der Waals surface area (Å²) in [6.45, 7) is -5.19. The lowest BCUT2D eigenvalue weighted by atomic mass is 10.5. The van der Waals surface area contributed by atoms with Crippen molar-refractivity contribution in [3.8, 4) is 0 Å². The molecule has 0 unspecified atom stereocenters. The summed E-state index contributed by atoms with van der Waals surface area (Å²) in [5, 5.41) is 9.06. The van der Waals surface area contributed by atoms with E-state index in [1.165, 1.54) is 0 Å². The molecule has 0 amide bonds. The van der Waals surface area contributed by atoms with Crippen molar-refractivity contribution in [1.29, 1.82) is 0 Å². The Kier molecular flexibility index (Phi) is 11.9. The normalized spacial score (nSPS) is 15.4. The zero-order chi connectivity index (χ0) is 27.7. The van der Waals surface area contributed by atoms with E-state index < -0.39 is 93.3 Å². The van der Waals surface area contributed by atoms with Gasteiger partial charge in [-0.3, -0.25) is 37.2 Å². The number of aliphatic hydroxyl groups excluding tert-OH is 1. The summed E-state index contributed by atoms with van der Waals surface area (Å²) in [6, 6.07) is 0. The lowest BCUT2D eigenvalue weighted by Gasteiger charge is -2.39. The molecule has 0 aliphatic heterocycles. The molecule has 27 heteroatoms. The van der Waals surface area contributed by atoms with Gasteiger partial charge in [-0.25, -0.2) is 0 Å². The minimum Gasteiger partial charge on any atom is -0.395 e. The summed E-state index contributed by atoms with van der Waals surface area (Å²) >= 11 is 0. The minimum atomic E-state index is -6.21. The van der Waals surface area contributed by atoms with Gasteiger partial charge in [0.1, 0.15) is 0 Å². The fourth-order valence-electron chi connectivity index (χ4n) is 2.85. The third-order valence-electron chi connectivity index (χ3n) is 3.76. The molecule has 0 aromatic carbocycles. The van der Waals surface area contributed by atoms with Gasteiger partial charge in [-0.1, -0.05) is 0 Å². The first kappa shape index (κ1) is 34.8. The summed E-state index contributed by atoms with van der Waals surface area (Å²) in [7, 11) is -36.4. The lowest BCUT2D eigenvalue weighted by Crippen LogP contribution is -2.48. The van der Waals surface area contributed by atoms with Gasteiger partial charge in [0.2, 0.25) is 16.6 Å². The van der Waals surface area contributed by atoms with E-state index in [0.717, 1.165) is 0 Å². The first-order chi connectivity index (χ1) is 14.7. The average Bonchev–Trinajstić information content (AvgIpc) is 2.43. The molecule has 0 spiro atoms. The van der Waals surface area contributed by atoms with E-state index in [2.05, 4.69) is 0 Å². The first-order valence-corrected chi connectivity index (χ1v) is 18.2. The predicted octanol–water partition coefficient (Wildman–Crippen LogP) is -3.50. The minimum absolute atomic E-state index is 0.0430. The van der Waals surface area contributed by atoms with Crippen molar-refractivity contribution in [3.63, 3.8) is 0 Å². The second-order valence-electron chi connectivity index (χ2n) is 6.57. The van der Waals surface area contributed by atoms with Crippen LogP contribution in [0.25, 0.3) is 0 Å². The van der Waals surface area contributed by atoms with Crippen LogP contribution in [0.3, 0.4) is 0 Å². The summed E-state index contributed by atoms with van der Waals surface area (Å²) in [5.74, 6) is 0. The Morgan fingerprint density at radius 2 is 0.706 bits per heavy atom. The van der Waals surface area contributed by atoms with Crippen LogP contribution in [0.15, 0.2) is 0 Å². The van der Waals surface area contributed by atoms with Crippen molar-refractivity contribution in [1.82, 2.24) is 9.80 Å². The topological polar surface area (TPSA) is 372 Å². The largest absolute Gasteiger partial charge is 0.395 e. The molecule has 0 aliphatic rings. The Labute approximate surface area is 190 Å². The molecule has 0 aliphatic carbocycles. The van der Waals surface area contributed by atoms with Crippen LogP contribution in [-0.2, 0) is 27.4 Å². The van der Waals surface area contributed by atoms with Gasteiger partial charge < -0.3 is 63.8 Å². The lowest BCUT2D eigenvalue weighted by molar-refractivity contribution is 0.143. The highest BCUT2D eigenvalue weighted by molar-refractivity contribution is 7.72. The van der Waals surface area contributed by atoms with Crippen molar-refractivity contribution < 1.29 is 91.2 Å². The Morgan fingerprint density at radius 1 is 0.441 bits per heavy atom. The molecule has 0 rings (SSSR count). The maximum absolute atomic E-state index is 11.8. The fourth-order valence-corrected chi connectivity index (χ4v) is 11.8. The number of aliphatic hydroxyl groups is 1. The van der Waals surface area contributed by atoms with Crippen LogP contribution in [-0.4, -0.2) is 116 Å². The summed E-state index contributed by atoms with van der Waals surface area (Å²) < 4.78 is 70.2. The van der Waals surface area contributed by atoms with E-state index in [0.29, 0.717) is 0 Å². The van der Waals surface area contributed by atoms with Crippen LogP contribution in [0.5, 0.6) is 0 Å². The smallest absolute Gasteiger partial charge is 0.355 e. The predicted molar refractivity (Wildman–Crippen MR) is 109 cm³/mol. The maximum atomic E-state index is 11.8. The summed E-state index contributed by atoms with van der Waals surface area (Å²) in [5.41, 5.74) is -10.3. The van der Waals surface area contributed by atoms with Crippen molar-refractivity contribution in [3.05, 3.63) is 0 Å².